The average molecular weight is 331 g/mol. The molecule has 0 bridgehead atoms. The lowest BCUT2D eigenvalue weighted by Crippen LogP contribution is -2.09. The first-order valence-electron chi connectivity index (χ1n) is 6.68. The minimum Gasteiger partial charge on any atom is -0.494 e. The first kappa shape index (κ1) is 14.7. The van der Waals surface area contributed by atoms with Gasteiger partial charge in [-0.05, 0) is 30.5 Å². The molecule has 0 aliphatic carbocycles. The molecule has 22 heavy (non-hydrogen) atoms. The van der Waals surface area contributed by atoms with E-state index in [1.165, 1.54) is 22.7 Å². The summed E-state index contributed by atoms with van der Waals surface area (Å²) in [6, 6.07) is 11.3. The molecular formula is C15H13N3O2S2. The van der Waals surface area contributed by atoms with Crippen LogP contribution in [0.1, 0.15) is 16.6 Å². The molecule has 7 heteroatoms. The van der Waals surface area contributed by atoms with Gasteiger partial charge in [-0.1, -0.05) is 29.5 Å². The van der Waals surface area contributed by atoms with E-state index in [4.69, 9.17) is 4.74 Å². The van der Waals surface area contributed by atoms with Crippen LogP contribution < -0.4 is 10.1 Å². The van der Waals surface area contributed by atoms with Crippen molar-refractivity contribution in [3.8, 4) is 16.3 Å². The van der Waals surface area contributed by atoms with Crippen molar-refractivity contribution in [3.63, 3.8) is 0 Å². The fourth-order valence-electron chi connectivity index (χ4n) is 1.84. The third-order valence-corrected chi connectivity index (χ3v) is 4.54. The van der Waals surface area contributed by atoms with Crippen molar-refractivity contribution in [1.29, 1.82) is 0 Å². The predicted octanol–water partition coefficient (Wildman–Crippen LogP) is 3.92. The fourth-order valence-corrected chi connectivity index (χ4v) is 3.20. The van der Waals surface area contributed by atoms with E-state index in [2.05, 4.69) is 15.5 Å². The maximum atomic E-state index is 12.0. The van der Waals surface area contributed by atoms with Crippen LogP contribution in [0, 0.1) is 0 Å². The first-order chi connectivity index (χ1) is 10.8. The van der Waals surface area contributed by atoms with Gasteiger partial charge in [0, 0.05) is 5.56 Å². The minimum absolute atomic E-state index is 0.166. The summed E-state index contributed by atoms with van der Waals surface area (Å²) in [7, 11) is 0. The van der Waals surface area contributed by atoms with Crippen molar-refractivity contribution in [3.05, 3.63) is 46.7 Å². The zero-order chi connectivity index (χ0) is 15.4. The van der Waals surface area contributed by atoms with E-state index in [0.717, 1.165) is 16.3 Å². The Labute approximate surface area is 135 Å². The molecule has 5 nitrogen and oxygen atoms in total. The van der Waals surface area contributed by atoms with Gasteiger partial charge in [0.15, 0.2) is 0 Å². The third kappa shape index (κ3) is 3.32. The van der Waals surface area contributed by atoms with E-state index in [-0.39, 0.29) is 5.91 Å². The summed E-state index contributed by atoms with van der Waals surface area (Å²) >= 11 is 2.72. The topological polar surface area (TPSA) is 64.1 Å². The molecule has 3 aromatic rings. The molecule has 0 aliphatic heterocycles. The predicted molar refractivity (Wildman–Crippen MR) is 88.8 cm³/mol. The molecule has 0 unspecified atom stereocenters. The van der Waals surface area contributed by atoms with Crippen molar-refractivity contribution < 1.29 is 9.53 Å². The van der Waals surface area contributed by atoms with Gasteiger partial charge in [-0.2, -0.15) is 0 Å². The molecule has 3 rings (SSSR count). The molecule has 1 aromatic carbocycles. The number of amides is 1. The maximum absolute atomic E-state index is 12.0. The Balaban J connectivity index is 1.76. The largest absolute Gasteiger partial charge is 0.494 e. The quantitative estimate of drug-likeness (QED) is 0.769. The van der Waals surface area contributed by atoms with Gasteiger partial charge >= 0.3 is 0 Å². The molecular weight excluding hydrogens is 318 g/mol. The Morgan fingerprint density at radius 2 is 2.18 bits per heavy atom. The summed E-state index contributed by atoms with van der Waals surface area (Å²) in [4.78, 5) is 12.6. The van der Waals surface area contributed by atoms with Crippen LogP contribution in [-0.4, -0.2) is 22.7 Å². The minimum atomic E-state index is -0.166. The number of hydrogen-bond donors (Lipinski definition) is 1. The van der Waals surface area contributed by atoms with Crippen LogP contribution in [0.3, 0.4) is 0 Å². The molecule has 2 heterocycles. The van der Waals surface area contributed by atoms with Gasteiger partial charge in [-0.3, -0.25) is 10.1 Å². The number of anilines is 1. The molecule has 0 fully saturated rings. The summed E-state index contributed by atoms with van der Waals surface area (Å²) in [6.45, 7) is 2.55. The standard InChI is InChI=1S/C15H13N3O2S2/c1-2-20-11-6-3-5-10(9-11)14-17-18-15(22-14)16-13(19)12-7-4-8-21-12/h3-9H,2H2,1H3,(H,16,18,19). The van der Waals surface area contributed by atoms with E-state index < -0.39 is 0 Å². The van der Waals surface area contributed by atoms with E-state index in [0.29, 0.717) is 16.6 Å². The van der Waals surface area contributed by atoms with Crippen LogP contribution in [-0.2, 0) is 0 Å². The number of nitrogens with zero attached hydrogens (tertiary/aromatic N) is 2. The highest BCUT2D eigenvalue weighted by Crippen LogP contribution is 2.29. The van der Waals surface area contributed by atoms with E-state index in [9.17, 15) is 4.79 Å². The first-order valence-corrected chi connectivity index (χ1v) is 8.37. The molecule has 0 atom stereocenters. The van der Waals surface area contributed by atoms with Crippen LogP contribution in [0.2, 0.25) is 0 Å². The molecule has 0 aliphatic rings. The van der Waals surface area contributed by atoms with Crippen molar-refractivity contribution >= 4 is 33.7 Å². The van der Waals surface area contributed by atoms with E-state index >= 15 is 0 Å². The number of ether oxygens (including phenoxy) is 1. The van der Waals surface area contributed by atoms with Crippen molar-refractivity contribution in [1.82, 2.24) is 10.2 Å². The summed E-state index contributed by atoms with van der Waals surface area (Å²) in [5, 5.41) is 14.0. The number of aromatic nitrogens is 2. The van der Waals surface area contributed by atoms with Crippen LogP contribution in [0.25, 0.3) is 10.6 Å². The van der Waals surface area contributed by atoms with Crippen molar-refractivity contribution in [2.45, 2.75) is 6.92 Å². The van der Waals surface area contributed by atoms with Crippen LogP contribution in [0.4, 0.5) is 5.13 Å². The molecule has 0 spiro atoms. The van der Waals surface area contributed by atoms with Gasteiger partial charge in [0.2, 0.25) is 5.13 Å². The van der Waals surface area contributed by atoms with Crippen LogP contribution >= 0.6 is 22.7 Å². The zero-order valence-corrected chi connectivity index (χ0v) is 13.4. The fraction of sp³-hybridized carbons (Fsp3) is 0.133. The molecule has 0 radical (unpaired) electrons. The number of carbonyl (C=O) groups excluding carboxylic acids is 1. The number of hydrogen-bond acceptors (Lipinski definition) is 6. The van der Waals surface area contributed by atoms with E-state index in [1.807, 2.05) is 42.6 Å². The van der Waals surface area contributed by atoms with Crippen molar-refractivity contribution in [2.75, 3.05) is 11.9 Å². The zero-order valence-electron chi connectivity index (χ0n) is 11.8. The molecule has 1 amide bonds. The molecule has 0 saturated heterocycles. The Kier molecular flexibility index (Phi) is 4.45. The molecule has 1 N–H and O–H groups in total. The molecule has 0 saturated carbocycles. The van der Waals surface area contributed by atoms with Gasteiger partial charge in [0.05, 0.1) is 11.5 Å². The normalized spacial score (nSPS) is 10.4. The van der Waals surface area contributed by atoms with Gasteiger partial charge in [0.1, 0.15) is 10.8 Å². The lowest BCUT2D eigenvalue weighted by Gasteiger charge is -2.03. The maximum Gasteiger partial charge on any atom is 0.267 e. The third-order valence-electron chi connectivity index (χ3n) is 2.78. The second-order valence-corrected chi connectivity index (χ2v) is 6.23. The number of carbonyl (C=O) groups is 1. The Morgan fingerprint density at radius 1 is 1.27 bits per heavy atom. The second-order valence-electron chi connectivity index (χ2n) is 4.30. The lowest BCUT2D eigenvalue weighted by molar-refractivity contribution is 0.103. The van der Waals surface area contributed by atoms with Gasteiger partial charge in [0.25, 0.3) is 5.91 Å². The summed E-state index contributed by atoms with van der Waals surface area (Å²) < 4.78 is 5.48. The van der Waals surface area contributed by atoms with E-state index in [1.54, 1.807) is 6.07 Å². The number of benzene rings is 1. The molecule has 112 valence electrons. The summed E-state index contributed by atoms with van der Waals surface area (Å²) in [5.74, 6) is 0.625. The summed E-state index contributed by atoms with van der Waals surface area (Å²) in [5.41, 5.74) is 0.917. The van der Waals surface area contributed by atoms with Gasteiger partial charge in [-0.15, -0.1) is 21.5 Å². The van der Waals surface area contributed by atoms with Gasteiger partial charge < -0.3 is 4.74 Å². The average Bonchev–Trinajstić information content (AvgIpc) is 3.19. The highest BCUT2D eigenvalue weighted by atomic mass is 32.1. The van der Waals surface area contributed by atoms with Crippen LogP contribution in [0.5, 0.6) is 5.75 Å². The van der Waals surface area contributed by atoms with Crippen LogP contribution in [0.15, 0.2) is 41.8 Å². The summed E-state index contributed by atoms with van der Waals surface area (Å²) in [6.07, 6.45) is 0. The number of thiophene rings is 1. The molecule has 2 aromatic heterocycles. The number of nitrogens with one attached hydrogen (secondary N) is 1. The lowest BCUT2D eigenvalue weighted by atomic mass is 10.2. The monoisotopic (exact) mass is 331 g/mol. The van der Waals surface area contributed by atoms with Gasteiger partial charge in [-0.25, -0.2) is 0 Å². The Morgan fingerprint density at radius 3 is 2.95 bits per heavy atom. The second kappa shape index (κ2) is 6.67. The highest BCUT2D eigenvalue weighted by molar-refractivity contribution is 7.18. The number of rotatable bonds is 5. The highest BCUT2D eigenvalue weighted by Gasteiger charge is 2.12. The smallest absolute Gasteiger partial charge is 0.267 e. The Bertz CT molecular complexity index is 769. The Hall–Kier alpha value is -2.25. The van der Waals surface area contributed by atoms with Crippen molar-refractivity contribution in [2.24, 2.45) is 0 Å². The SMILES string of the molecule is CCOc1cccc(-c2nnc(NC(=O)c3cccs3)s2)c1.